The second-order valence-corrected chi connectivity index (χ2v) is 4.82. The van der Waals surface area contributed by atoms with Crippen molar-refractivity contribution in [3.63, 3.8) is 0 Å². The minimum absolute atomic E-state index is 0.186. The predicted octanol–water partition coefficient (Wildman–Crippen LogP) is -0.538. The SMILES string of the molecule is NC(=O)CN1CCCC(NC(=O)C2CC2)C1. The molecule has 16 heavy (non-hydrogen) atoms. The van der Waals surface area contributed by atoms with Gasteiger partial charge in [-0.05, 0) is 32.2 Å². The number of likely N-dealkylation sites (tertiary alicyclic amines) is 1. The summed E-state index contributed by atoms with van der Waals surface area (Å²) in [4.78, 5) is 24.4. The van der Waals surface area contributed by atoms with E-state index in [-0.39, 0.29) is 23.8 Å². The normalized spacial score (nSPS) is 26.4. The van der Waals surface area contributed by atoms with Gasteiger partial charge < -0.3 is 11.1 Å². The molecule has 3 N–H and O–H groups in total. The maximum Gasteiger partial charge on any atom is 0.231 e. The molecule has 2 aliphatic rings. The largest absolute Gasteiger partial charge is 0.369 e. The van der Waals surface area contributed by atoms with Gasteiger partial charge in [0.15, 0.2) is 0 Å². The topological polar surface area (TPSA) is 75.4 Å². The van der Waals surface area contributed by atoms with Gasteiger partial charge in [0.25, 0.3) is 0 Å². The highest BCUT2D eigenvalue weighted by atomic mass is 16.2. The second-order valence-electron chi connectivity index (χ2n) is 4.82. The van der Waals surface area contributed by atoms with Crippen LogP contribution in [0, 0.1) is 5.92 Å². The number of piperidine rings is 1. The molecule has 0 bridgehead atoms. The molecule has 1 aliphatic carbocycles. The van der Waals surface area contributed by atoms with Crippen molar-refractivity contribution < 1.29 is 9.59 Å². The summed E-state index contributed by atoms with van der Waals surface area (Å²) in [5.41, 5.74) is 5.16. The molecule has 0 aromatic heterocycles. The van der Waals surface area contributed by atoms with Crippen LogP contribution in [0.3, 0.4) is 0 Å². The first-order valence-corrected chi connectivity index (χ1v) is 5.96. The third-order valence-corrected chi connectivity index (χ3v) is 3.18. The molecule has 1 unspecified atom stereocenters. The fourth-order valence-electron chi connectivity index (χ4n) is 2.20. The number of hydrogen-bond donors (Lipinski definition) is 2. The summed E-state index contributed by atoms with van der Waals surface area (Å²) in [6.07, 6.45) is 4.09. The van der Waals surface area contributed by atoms with Crippen LogP contribution in [0.1, 0.15) is 25.7 Å². The van der Waals surface area contributed by atoms with Crippen LogP contribution < -0.4 is 11.1 Å². The van der Waals surface area contributed by atoms with Gasteiger partial charge in [-0.3, -0.25) is 14.5 Å². The third-order valence-electron chi connectivity index (χ3n) is 3.18. The zero-order chi connectivity index (χ0) is 11.5. The summed E-state index contributed by atoms with van der Waals surface area (Å²) < 4.78 is 0. The highest BCUT2D eigenvalue weighted by Gasteiger charge is 2.32. The van der Waals surface area contributed by atoms with E-state index in [9.17, 15) is 9.59 Å². The van der Waals surface area contributed by atoms with E-state index in [2.05, 4.69) is 5.32 Å². The first-order chi connectivity index (χ1) is 7.65. The summed E-state index contributed by atoms with van der Waals surface area (Å²) in [5.74, 6) is 0.145. The molecule has 2 fully saturated rings. The smallest absolute Gasteiger partial charge is 0.231 e. The Labute approximate surface area is 95.3 Å². The Balaban J connectivity index is 1.76. The average Bonchev–Trinajstić information content (AvgIpc) is 2.99. The van der Waals surface area contributed by atoms with Crippen molar-refractivity contribution >= 4 is 11.8 Å². The number of nitrogens with two attached hydrogens (primary N) is 1. The first kappa shape index (κ1) is 11.4. The van der Waals surface area contributed by atoms with Gasteiger partial charge >= 0.3 is 0 Å². The fraction of sp³-hybridized carbons (Fsp3) is 0.818. The van der Waals surface area contributed by atoms with Crippen LogP contribution in [-0.2, 0) is 9.59 Å². The predicted molar refractivity (Wildman–Crippen MR) is 59.5 cm³/mol. The van der Waals surface area contributed by atoms with Crippen LogP contribution in [0.25, 0.3) is 0 Å². The molecular weight excluding hydrogens is 206 g/mol. The van der Waals surface area contributed by atoms with Gasteiger partial charge in [0.1, 0.15) is 0 Å². The van der Waals surface area contributed by atoms with Crippen molar-refractivity contribution in [2.24, 2.45) is 11.7 Å². The number of carbonyl (C=O) groups is 2. The van der Waals surface area contributed by atoms with Crippen LogP contribution >= 0.6 is 0 Å². The lowest BCUT2D eigenvalue weighted by Gasteiger charge is -2.32. The fourth-order valence-corrected chi connectivity index (χ4v) is 2.20. The van der Waals surface area contributed by atoms with Crippen molar-refractivity contribution in [3.8, 4) is 0 Å². The van der Waals surface area contributed by atoms with Crippen molar-refractivity contribution in [1.82, 2.24) is 10.2 Å². The number of amides is 2. The molecule has 5 nitrogen and oxygen atoms in total. The minimum Gasteiger partial charge on any atom is -0.369 e. The first-order valence-electron chi connectivity index (χ1n) is 5.96. The molecule has 0 aromatic carbocycles. The Morgan fingerprint density at radius 3 is 2.69 bits per heavy atom. The van der Waals surface area contributed by atoms with Crippen LogP contribution in [-0.4, -0.2) is 42.4 Å². The van der Waals surface area contributed by atoms with E-state index in [4.69, 9.17) is 5.73 Å². The zero-order valence-corrected chi connectivity index (χ0v) is 9.45. The van der Waals surface area contributed by atoms with Gasteiger partial charge in [-0.15, -0.1) is 0 Å². The van der Waals surface area contributed by atoms with Crippen molar-refractivity contribution in [3.05, 3.63) is 0 Å². The number of nitrogens with one attached hydrogen (secondary N) is 1. The van der Waals surface area contributed by atoms with Gasteiger partial charge in [0.2, 0.25) is 11.8 Å². The van der Waals surface area contributed by atoms with Crippen LogP contribution in [0.2, 0.25) is 0 Å². The third kappa shape index (κ3) is 3.20. The van der Waals surface area contributed by atoms with Gasteiger partial charge in [0, 0.05) is 18.5 Å². The summed E-state index contributed by atoms with van der Waals surface area (Å²) in [6, 6.07) is 0.196. The van der Waals surface area contributed by atoms with Crippen molar-refractivity contribution in [2.45, 2.75) is 31.7 Å². The van der Waals surface area contributed by atoms with Crippen LogP contribution in [0.15, 0.2) is 0 Å². The molecule has 5 heteroatoms. The molecule has 1 saturated heterocycles. The lowest BCUT2D eigenvalue weighted by atomic mass is 10.1. The Kier molecular flexibility index (Phi) is 3.43. The molecule has 2 rings (SSSR count). The lowest BCUT2D eigenvalue weighted by molar-refractivity contribution is -0.123. The summed E-state index contributed by atoms with van der Waals surface area (Å²) >= 11 is 0. The van der Waals surface area contributed by atoms with E-state index < -0.39 is 0 Å². The minimum atomic E-state index is -0.297. The standard InChI is InChI=1S/C11H19N3O2/c12-10(15)7-14-5-1-2-9(6-14)13-11(16)8-3-4-8/h8-9H,1-7H2,(H2,12,15)(H,13,16). The second kappa shape index (κ2) is 4.82. The molecule has 1 saturated carbocycles. The summed E-state index contributed by atoms with van der Waals surface area (Å²) in [6.45, 7) is 1.95. The molecule has 0 aromatic rings. The van der Waals surface area contributed by atoms with Gasteiger partial charge in [-0.1, -0.05) is 0 Å². The molecule has 0 radical (unpaired) electrons. The van der Waals surface area contributed by atoms with Gasteiger partial charge in [-0.25, -0.2) is 0 Å². The lowest BCUT2D eigenvalue weighted by Crippen LogP contribution is -2.50. The molecule has 2 amide bonds. The number of hydrogen-bond acceptors (Lipinski definition) is 3. The maximum atomic E-state index is 11.6. The van der Waals surface area contributed by atoms with Crippen molar-refractivity contribution in [1.29, 1.82) is 0 Å². The van der Waals surface area contributed by atoms with E-state index in [1.165, 1.54) is 0 Å². The van der Waals surface area contributed by atoms with E-state index in [0.29, 0.717) is 6.54 Å². The Morgan fingerprint density at radius 2 is 2.06 bits per heavy atom. The Morgan fingerprint density at radius 1 is 1.31 bits per heavy atom. The quantitative estimate of drug-likeness (QED) is 0.675. The highest BCUT2D eigenvalue weighted by Crippen LogP contribution is 2.29. The zero-order valence-electron chi connectivity index (χ0n) is 9.45. The van der Waals surface area contributed by atoms with Crippen LogP contribution in [0.4, 0.5) is 0 Å². The maximum absolute atomic E-state index is 11.6. The molecule has 0 spiro atoms. The molecule has 1 atom stereocenters. The molecule has 1 heterocycles. The summed E-state index contributed by atoms with van der Waals surface area (Å²) in [7, 11) is 0. The Hall–Kier alpha value is -1.10. The Bertz CT molecular complexity index is 289. The van der Waals surface area contributed by atoms with Crippen molar-refractivity contribution in [2.75, 3.05) is 19.6 Å². The molecule has 90 valence electrons. The summed E-state index contributed by atoms with van der Waals surface area (Å²) in [5, 5.41) is 3.05. The number of primary amides is 1. The number of rotatable bonds is 4. The van der Waals surface area contributed by atoms with E-state index in [0.717, 1.165) is 38.8 Å². The number of nitrogens with zero attached hydrogens (tertiary/aromatic N) is 1. The van der Waals surface area contributed by atoms with E-state index in [1.807, 2.05) is 4.90 Å². The van der Waals surface area contributed by atoms with Gasteiger partial charge in [-0.2, -0.15) is 0 Å². The molecular formula is C11H19N3O2. The average molecular weight is 225 g/mol. The van der Waals surface area contributed by atoms with E-state index in [1.54, 1.807) is 0 Å². The monoisotopic (exact) mass is 225 g/mol. The van der Waals surface area contributed by atoms with Gasteiger partial charge in [0.05, 0.1) is 6.54 Å². The number of carbonyl (C=O) groups excluding carboxylic acids is 2. The highest BCUT2D eigenvalue weighted by molar-refractivity contribution is 5.81. The van der Waals surface area contributed by atoms with E-state index >= 15 is 0 Å². The molecule has 1 aliphatic heterocycles. The van der Waals surface area contributed by atoms with Crippen LogP contribution in [0.5, 0.6) is 0 Å².